The standard InChI is InChI=1S/C20H18FN5O2S.C12H14FN3O.C8H9FN2O.C4H9NSi.C3H6O/c1-11-8-13(10-24-16(11)22-4)25-18(28)20(2,3)26(19(25)29)12-6-7-14(15(21)9-12)17(27)23-5;1-12(2,7-14)16-8-4-5-9(10(13)6-8)11(17)15-3;1-11-8(12)6-3-2-5(10)4-7(6)9;1-6(2,3)4-5;1-3(2)4/h6-10H,1-3,5H3,(H,23,27);4-6,16H,1-3H3,(H,15,17);2-4H,10H2,1H3,(H,11,12);1-3H3;1-2H3. The molecule has 1 aliphatic heterocycles. The van der Waals surface area contributed by atoms with Crippen LogP contribution in [-0.2, 0) is 9.59 Å². The maximum absolute atomic E-state index is 14.5. The summed E-state index contributed by atoms with van der Waals surface area (Å²) in [4.78, 5) is 66.8. The highest BCUT2D eigenvalue weighted by Gasteiger charge is 2.50. The molecular formula is C47H56F3N11O5SSi. The molecule has 0 spiro atoms. The van der Waals surface area contributed by atoms with E-state index in [-0.39, 0.29) is 39.3 Å². The van der Waals surface area contributed by atoms with Gasteiger partial charge in [0.2, 0.25) is 0 Å². The maximum atomic E-state index is 14.5. The fraction of sp³-hybridized carbons (Fsp3) is 0.319. The second kappa shape index (κ2) is 25.3. The van der Waals surface area contributed by atoms with Gasteiger partial charge in [0, 0.05) is 43.9 Å². The van der Waals surface area contributed by atoms with Gasteiger partial charge in [-0.25, -0.2) is 18.4 Å². The number of nitriles is 2. The number of amides is 4. The molecule has 1 aliphatic rings. The molecule has 1 saturated heterocycles. The summed E-state index contributed by atoms with van der Waals surface area (Å²) in [5, 5.41) is 27.1. The van der Waals surface area contributed by atoms with Crippen molar-refractivity contribution in [3.63, 3.8) is 0 Å². The largest absolute Gasteiger partial charge is 0.399 e. The van der Waals surface area contributed by atoms with E-state index >= 15 is 0 Å². The van der Waals surface area contributed by atoms with Crippen LogP contribution in [0.3, 0.4) is 0 Å². The lowest BCUT2D eigenvalue weighted by Crippen LogP contribution is -2.44. The minimum atomic E-state index is -1.33. The van der Waals surface area contributed by atoms with Crippen molar-refractivity contribution < 1.29 is 37.1 Å². The normalized spacial score (nSPS) is 12.2. The molecule has 6 N–H and O–H groups in total. The number of thiocarbonyl (C=S) groups is 1. The lowest BCUT2D eigenvalue weighted by molar-refractivity contribution is -0.120. The van der Waals surface area contributed by atoms with Crippen molar-refractivity contribution >= 4 is 83.4 Å². The van der Waals surface area contributed by atoms with Gasteiger partial charge < -0.3 is 41.5 Å². The number of aryl methyl sites for hydroxylation is 1. The van der Waals surface area contributed by atoms with Gasteiger partial charge in [-0.3, -0.25) is 24.1 Å². The summed E-state index contributed by atoms with van der Waals surface area (Å²) in [6.07, 6.45) is 1.42. The first kappa shape index (κ1) is 58.3. The van der Waals surface area contributed by atoms with Crippen LogP contribution < -0.4 is 36.8 Å². The number of aromatic nitrogens is 1. The quantitative estimate of drug-likeness (QED) is 0.0513. The number of carbonyl (C=O) groups is 5. The molecule has 1 aromatic heterocycles. The summed E-state index contributed by atoms with van der Waals surface area (Å²) in [6.45, 7) is 24.7. The zero-order valence-corrected chi connectivity index (χ0v) is 42.0. The Morgan fingerprint density at radius 1 is 0.824 bits per heavy atom. The number of benzene rings is 3. The van der Waals surface area contributed by atoms with Gasteiger partial charge in [0.25, 0.3) is 29.4 Å². The monoisotopic (exact) mass is 971 g/mol. The molecule has 68 heavy (non-hydrogen) atoms. The van der Waals surface area contributed by atoms with E-state index in [0.29, 0.717) is 28.3 Å². The van der Waals surface area contributed by atoms with Gasteiger partial charge in [0.15, 0.2) is 13.2 Å². The van der Waals surface area contributed by atoms with Gasteiger partial charge in [0.05, 0.1) is 28.4 Å². The molecule has 4 aromatic rings. The number of hydrogen-bond acceptors (Lipinski definition) is 11. The molecule has 0 bridgehead atoms. The van der Waals surface area contributed by atoms with Gasteiger partial charge in [-0.15, -0.1) is 4.98 Å². The van der Waals surface area contributed by atoms with Crippen LogP contribution in [0.1, 0.15) is 78.2 Å². The lowest BCUT2D eigenvalue weighted by atomic mass is 10.0. The Morgan fingerprint density at radius 3 is 1.65 bits per heavy atom. The van der Waals surface area contributed by atoms with Crippen LogP contribution in [0, 0.1) is 53.2 Å². The van der Waals surface area contributed by atoms with E-state index in [4.69, 9.17) is 35.0 Å². The maximum Gasteiger partial charge on any atom is 0.272 e. The first-order valence-electron chi connectivity index (χ1n) is 20.4. The van der Waals surface area contributed by atoms with E-state index < -0.39 is 54.3 Å². The average molecular weight is 972 g/mol. The van der Waals surface area contributed by atoms with Crippen molar-refractivity contribution in [1.82, 2.24) is 20.9 Å². The predicted octanol–water partition coefficient (Wildman–Crippen LogP) is 8.01. The number of Topliss-reactive ketones (excluding diaryl/α,β-unsaturated/α-hetero) is 1. The minimum absolute atomic E-state index is 0.00620. The Kier molecular flexibility index (Phi) is 21.7. The number of ketones is 1. The summed E-state index contributed by atoms with van der Waals surface area (Å²) in [5.74, 6) is -3.32. The van der Waals surface area contributed by atoms with Crippen LogP contribution in [0.5, 0.6) is 0 Å². The van der Waals surface area contributed by atoms with Crippen LogP contribution in [0.15, 0.2) is 66.9 Å². The van der Waals surface area contributed by atoms with Crippen LogP contribution >= 0.6 is 12.2 Å². The molecule has 16 nitrogen and oxygen atoms in total. The Labute approximate surface area is 401 Å². The van der Waals surface area contributed by atoms with Crippen molar-refractivity contribution in [2.24, 2.45) is 0 Å². The summed E-state index contributed by atoms with van der Waals surface area (Å²) in [5.41, 5.74) is 7.71. The molecule has 360 valence electrons. The molecule has 0 aliphatic carbocycles. The van der Waals surface area contributed by atoms with Crippen molar-refractivity contribution in [3.8, 4) is 11.8 Å². The highest BCUT2D eigenvalue weighted by molar-refractivity contribution is 7.81. The van der Waals surface area contributed by atoms with Crippen LogP contribution in [-0.4, -0.2) is 79.8 Å². The molecular weight excluding hydrogens is 916 g/mol. The SMILES string of the molecule is CC(C)=O.CNC(=O)c1ccc(N)cc1F.CNC(=O)c1ccc(NC(C)(C)C#N)cc1F.C[Si](C)(C)C#N.[C-]#[N+]c1ncc(N2C(=O)C(C)(C)N(c3ccc(C(=O)NC)c(F)c3)C2=S)cc1C. The van der Waals surface area contributed by atoms with Gasteiger partial charge in [-0.1, -0.05) is 26.2 Å². The van der Waals surface area contributed by atoms with Crippen LogP contribution in [0.4, 0.5) is 41.7 Å². The van der Waals surface area contributed by atoms with E-state index in [1.165, 1.54) is 82.5 Å². The topological polar surface area (TPSA) is 231 Å². The molecule has 0 unspecified atom stereocenters. The molecule has 0 saturated carbocycles. The number of carbonyl (C=O) groups excluding carboxylic acids is 5. The van der Waals surface area contributed by atoms with Crippen molar-refractivity contribution in [3.05, 3.63) is 118 Å². The average Bonchev–Trinajstić information content (AvgIpc) is 3.44. The molecule has 0 atom stereocenters. The van der Waals surface area contributed by atoms with Crippen LogP contribution in [0.2, 0.25) is 19.6 Å². The molecule has 0 radical (unpaired) electrons. The summed E-state index contributed by atoms with van der Waals surface area (Å²) in [6, 6.07) is 15.9. The first-order valence-corrected chi connectivity index (χ1v) is 24.3. The smallest absolute Gasteiger partial charge is 0.272 e. The Bertz CT molecular complexity index is 2670. The fourth-order valence-corrected chi connectivity index (χ4v) is 5.88. The number of anilines is 4. The third-order valence-electron chi connectivity index (χ3n) is 8.73. The van der Waals surface area contributed by atoms with Crippen LogP contribution in [0.25, 0.3) is 4.85 Å². The fourth-order valence-electron chi connectivity index (χ4n) is 5.36. The highest BCUT2D eigenvalue weighted by atomic mass is 32.1. The zero-order valence-electron chi connectivity index (χ0n) is 40.2. The summed E-state index contributed by atoms with van der Waals surface area (Å²) in [7, 11) is 2.97. The Morgan fingerprint density at radius 2 is 1.26 bits per heavy atom. The number of hydrogen-bond donors (Lipinski definition) is 5. The number of rotatable bonds is 7. The number of nitrogens with two attached hydrogens (primary N) is 1. The van der Waals surface area contributed by atoms with Gasteiger partial charge in [0.1, 0.15) is 40.5 Å². The van der Waals surface area contributed by atoms with Gasteiger partial charge >= 0.3 is 0 Å². The van der Waals surface area contributed by atoms with Crippen molar-refractivity contribution in [2.45, 2.75) is 79.2 Å². The third-order valence-corrected chi connectivity index (χ3v) is 9.76. The number of nitrogens with zero attached hydrogens (tertiary/aromatic N) is 6. The van der Waals surface area contributed by atoms with Crippen molar-refractivity contribution in [1.29, 1.82) is 10.5 Å². The summed E-state index contributed by atoms with van der Waals surface area (Å²) >= 11 is 5.55. The van der Waals surface area contributed by atoms with Crippen molar-refractivity contribution in [2.75, 3.05) is 42.0 Å². The highest BCUT2D eigenvalue weighted by Crippen LogP contribution is 2.37. The van der Waals surface area contributed by atoms with E-state index in [1.54, 1.807) is 57.7 Å². The van der Waals surface area contributed by atoms with Gasteiger partial charge in [-0.2, -0.15) is 5.26 Å². The molecule has 2 heterocycles. The molecule has 5 rings (SSSR count). The number of halogens is 3. The second-order valence-electron chi connectivity index (χ2n) is 16.7. The number of pyridine rings is 1. The number of nitrogens with one attached hydrogen (secondary N) is 4. The van der Waals surface area contributed by atoms with E-state index in [9.17, 15) is 37.1 Å². The van der Waals surface area contributed by atoms with Gasteiger partial charge in [-0.05, 0) is 127 Å². The summed E-state index contributed by atoms with van der Waals surface area (Å²) < 4.78 is 41.0. The lowest BCUT2D eigenvalue weighted by Gasteiger charge is -2.29. The number of nitrogen functional groups attached to an aromatic ring is 1. The predicted molar refractivity (Wildman–Crippen MR) is 264 cm³/mol. The van der Waals surface area contributed by atoms with E-state index in [0.717, 1.165) is 6.07 Å². The Hall–Kier alpha value is -7.67. The molecule has 1 fully saturated rings. The van der Waals surface area contributed by atoms with E-state index in [1.807, 2.05) is 25.7 Å². The Balaban J connectivity index is 0.000000500. The first-order chi connectivity index (χ1) is 31.5. The minimum Gasteiger partial charge on any atom is -0.399 e. The molecule has 4 amide bonds. The molecule has 21 heteroatoms. The third kappa shape index (κ3) is 16.6. The zero-order chi connectivity index (χ0) is 52.5. The molecule has 3 aromatic carbocycles. The van der Waals surface area contributed by atoms with E-state index in [2.05, 4.69) is 36.8 Å². The second-order valence-corrected chi connectivity index (χ2v) is 21.8.